The molecule has 1 saturated heterocycles. The number of quaternary nitrogens is 1. The van der Waals surface area contributed by atoms with Crippen LogP contribution in [0.25, 0.3) is 0 Å². The number of hydrogen-bond acceptors (Lipinski definition) is 1. The SMILES string of the molecule is CN1[NH2+]C(C)(c2ccccc2)N(C)C1=S. The molecule has 15 heavy (non-hydrogen) atoms. The van der Waals surface area contributed by atoms with E-state index in [9.17, 15) is 0 Å². The van der Waals surface area contributed by atoms with Gasteiger partial charge in [0.15, 0.2) is 0 Å². The smallest absolute Gasteiger partial charge is 0.223 e. The lowest BCUT2D eigenvalue weighted by Gasteiger charge is -2.27. The second kappa shape index (κ2) is 3.47. The van der Waals surface area contributed by atoms with Gasteiger partial charge >= 0.3 is 0 Å². The Morgan fingerprint density at radius 2 is 1.80 bits per heavy atom. The molecule has 1 fully saturated rings. The molecule has 80 valence electrons. The lowest BCUT2D eigenvalue weighted by atomic mass is 10.0. The maximum absolute atomic E-state index is 5.33. The number of hydrogen-bond donors (Lipinski definition) is 1. The van der Waals surface area contributed by atoms with E-state index >= 15 is 0 Å². The van der Waals surface area contributed by atoms with Gasteiger partial charge in [0.1, 0.15) is 0 Å². The highest BCUT2D eigenvalue weighted by atomic mass is 32.1. The van der Waals surface area contributed by atoms with E-state index in [0.717, 1.165) is 5.11 Å². The fraction of sp³-hybridized carbons (Fsp3) is 0.364. The number of benzene rings is 1. The predicted octanol–water partition coefficient (Wildman–Crippen LogP) is 0.500. The van der Waals surface area contributed by atoms with Crippen molar-refractivity contribution in [1.29, 1.82) is 0 Å². The zero-order chi connectivity index (χ0) is 11.1. The van der Waals surface area contributed by atoms with Crippen LogP contribution < -0.4 is 5.43 Å². The molecule has 0 saturated carbocycles. The van der Waals surface area contributed by atoms with Gasteiger partial charge in [0, 0.05) is 19.5 Å². The van der Waals surface area contributed by atoms with Gasteiger partial charge in [-0.15, -0.1) is 0 Å². The molecule has 1 aliphatic rings. The molecule has 1 unspecified atom stereocenters. The molecule has 0 bridgehead atoms. The maximum atomic E-state index is 5.33. The lowest BCUT2D eigenvalue weighted by molar-refractivity contribution is -0.837. The van der Waals surface area contributed by atoms with Crippen LogP contribution in [0.1, 0.15) is 12.5 Å². The molecule has 0 amide bonds. The molecule has 2 N–H and O–H groups in total. The zero-order valence-electron chi connectivity index (χ0n) is 9.27. The molecule has 1 atom stereocenters. The summed E-state index contributed by atoms with van der Waals surface area (Å²) in [6.07, 6.45) is 0. The molecule has 1 aromatic rings. The van der Waals surface area contributed by atoms with Crippen LogP contribution in [0.4, 0.5) is 0 Å². The lowest BCUT2D eigenvalue weighted by Crippen LogP contribution is -2.98. The molecule has 0 radical (unpaired) electrons. The summed E-state index contributed by atoms with van der Waals surface area (Å²) in [5, 5.41) is 2.86. The van der Waals surface area contributed by atoms with Crippen molar-refractivity contribution in [3.05, 3.63) is 35.9 Å². The van der Waals surface area contributed by atoms with Crippen molar-refractivity contribution in [1.82, 2.24) is 9.91 Å². The minimum Gasteiger partial charge on any atom is -0.291 e. The second-order valence-corrected chi connectivity index (χ2v) is 4.46. The van der Waals surface area contributed by atoms with Gasteiger partial charge in [0.05, 0.1) is 7.05 Å². The van der Waals surface area contributed by atoms with Crippen LogP contribution in [0.15, 0.2) is 30.3 Å². The van der Waals surface area contributed by atoms with Crippen molar-refractivity contribution < 1.29 is 5.43 Å². The predicted molar refractivity (Wildman–Crippen MR) is 63.8 cm³/mol. The van der Waals surface area contributed by atoms with E-state index < -0.39 is 0 Å². The molecule has 1 heterocycles. The Labute approximate surface area is 95.6 Å². The van der Waals surface area contributed by atoms with Crippen molar-refractivity contribution in [2.45, 2.75) is 12.6 Å². The summed E-state index contributed by atoms with van der Waals surface area (Å²) in [4.78, 5) is 2.12. The fourth-order valence-electron chi connectivity index (χ4n) is 2.00. The van der Waals surface area contributed by atoms with E-state index in [2.05, 4.69) is 41.5 Å². The Morgan fingerprint density at radius 1 is 1.20 bits per heavy atom. The van der Waals surface area contributed by atoms with E-state index in [4.69, 9.17) is 12.2 Å². The molecule has 0 spiro atoms. The highest BCUT2D eigenvalue weighted by Gasteiger charge is 2.45. The van der Waals surface area contributed by atoms with E-state index in [1.165, 1.54) is 5.56 Å². The Hall–Kier alpha value is -1.13. The standard InChI is InChI=1S/C11H15N3S/c1-11(9-7-5-4-6-8-9)12-14(3)10(15)13(11)2/h4-8,12H,1-3H3/p+1. The average molecular weight is 222 g/mol. The Balaban J connectivity index is 2.40. The molecule has 4 heteroatoms. The first-order chi connectivity index (χ1) is 7.05. The fourth-order valence-corrected chi connectivity index (χ4v) is 2.24. The van der Waals surface area contributed by atoms with Gasteiger partial charge in [0.25, 0.3) is 0 Å². The topological polar surface area (TPSA) is 23.1 Å². The summed E-state index contributed by atoms with van der Waals surface area (Å²) >= 11 is 5.33. The van der Waals surface area contributed by atoms with Gasteiger partial charge in [-0.2, -0.15) is 0 Å². The molecular formula is C11H16N3S+. The van der Waals surface area contributed by atoms with E-state index in [0.29, 0.717) is 0 Å². The van der Waals surface area contributed by atoms with Gasteiger partial charge in [-0.25, -0.2) is 10.4 Å². The highest BCUT2D eigenvalue weighted by Crippen LogP contribution is 2.23. The Morgan fingerprint density at radius 3 is 2.27 bits per heavy atom. The first-order valence-electron chi connectivity index (χ1n) is 4.98. The molecule has 0 aromatic heterocycles. The van der Waals surface area contributed by atoms with Crippen LogP contribution in [0.2, 0.25) is 0 Å². The van der Waals surface area contributed by atoms with Crippen molar-refractivity contribution in [2.75, 3.05) is 14.1 Å². The Kier molecular flexibility index (Phi) is 2.40. The first kappa shape index (κ1) is 10.4. The third kappa shape index (κ3) is 1.50. The van der Waals surface area contributed by atoms with E-state index in [1.807, 2.05) is 25.2 Å². The summed E-state index contributed by atoms with van der Waals surface area (Å²) in [5.41, 5.74) is 3.30. The quantitative estimate of drug-likeness (QED) is 0.553. The molecule has 1 aromatic carbocycles. The number of nitrogens with zero attached hydrogens (tertiary/aromatic N) is 2. The normalized spacial score (nSPS) is 26.2. The Bertz CT molecular complexity index is 379. The van der Waals surface area contributed by atoms with Crippen LogP contribution in [0.3, 0.4) is 0 Å². The number of rotatable bonds is 1. The average Bonchev–Trinajstić information content (AvgIpc) is 2.45. The van der Waals surface area contributed by atoms with Gasteiger partial charge in [-0.3, -0.25) is 4.90 Å². The van der Waals surface area contributed by atoms with E-state index in [-0.39, 0.29) is 5.66 Å². The molecule has 3 nitrogen and oxygen atoms in total. The molecular weight excluding hydrogens is 206 g/mol. The monoisotopic (exact) mass is 222 g/mol. The van der Waals surface area contributed by atoms with Crippen LogP contribution >= 0.6 is 12.2 Å². The van der Waals surface area contributed by atoms with Crippen LogP contribution in [0.5, 0.6) is 0 Å². The van der Waals surface area contributed by atoms with Crippen LogP contribution in [-0.4, -0.2) is 29.1 Å². The highest BCUT2D eigenvalue weighted by molar-refractivity contribution is 7.80. The second-order valence-electron chi connectivity index (χ2n) is 4.10. The van der Waals surface area contributed by atoms with Gasteiger partial charge < -0.3 is 0 Å². The summed E-state index contributed by atoms with van der Waals surface area (Å²) < 4.78 is 0. The molecule has 0 aliphatic carbocycles. The van der Waals surface area contributed by atoms with Gasteiger partial charge in [-0.1, -0.05) is 30.3 Å². The molecule has 2 rings (SSSR count). The molecule has 1 aliphatic heterocycles. The van der Waals surface area contributed by atoms with Crippen molar-refractivity contribution in [3.63, 3.8) is 0 Å². The number of thiocarbonyl (C=S) groups is 1. The summed E-state index contributed by atoms with van der Waals surface area (Å²) in [6, 6.07) is 10.4. The third-order valence-electron chi connectivity index (χ3n) is 3.09. The maximum Gasteiger partial charge on any atom is 0.223 e. The number of nitrogens with two attached hydrogens (primary N) is 1. The zero-order valence-corrected chi connectivity index (χ0v) is 10.1. The van der Waals surface area contributed by atoms with Crippen molar-refractivity contribution in [3.8, 4) is 0 Å². The summed E-state index contributed by atoms with van der Waals surface area (Å²) in [6.45, 7) is 2.18. The van der Waals surface area contributed by atoms with Crippen molar-refractivity contribution >= 4 is 17.3 Å². The summed E-state index contributed by atoms with van der Waals surface area (Å²) in [7, 11) is 4.03. The van der Waals surface area contributed by atoms with Gasteiger partial charge in [0.2, 0.25) is 10.8 Å². The summed E-state index contributed by atoms with van der Waals surface area (Å²) in [5.74, 6) is 0. The van der Waals surface area contributed by atoms with Crippen LogP contribution in [0, 0.1) is 0 Å². The minimum atomic E-state index is -0.118. The van der Waals surface area contributed by atoms with Crippen LogP contribution in [-0.2, 0) is 5.66 Å². The minimum absolute atomic E-state index is 0.118. The van der Waals surface area contributed by atoms with Gasteiger partial charge in [-0.05, 0) is 12.2 Å². The largest absolute Gasteiger partial charge is 0.291 e. The van der Waals surface area contributed by atoms with Crippen molar-refractivity contribution in [2.24, 2.45) is 0 Å². The third-order valence-corrected chi connectivity index (χ3v) is 3.65. The van der Waals surface area contributed by atoms with E-state index in [1.54, 1.807) is 0 Å². The first-order valence-corrected chi connectivity index (χ1v) is 5.39.